The molecular formula is Fe3O12S3. The van der Waals surface area contributed by atoms with E-state index in [9.17, 15) is 0 Å². The monoisotopic (exact) mass is 456 g/mol. The number of hydrogen-bond acceptors (Lipinski definition) is 12. The minimum atomic E-state index is -5.17. The van der Waals surface area contributed by atoms with Crippen LogP contribution in [0.2, 0.25) is 0 Å². The molecule has 0 saturated carbocycles. The van der Waals surface area contributed by atoms with Crippen molar-refractivity contribution < 1.29 is 104 Å². The smallest absolute Gasteiger partial charge is 0.759 e. The van der Waals surface area contributed by atoms with Gasteiger partial charge in [0.1, 0.15) is 0 Å². The van der Waals surface area contributed by atoms with E-state index in [0.717, 1.165) is 0 Å². The first-order chi connectivity index (χ1) is 6.00. The second-order valence-corrected chi connectivity index (χ2v) is 3.67. The van der Waals surface area contributed by atoms with E-state index in [-0.39, 0.29) is 51.2 Å². The van der Waals surface area contributed by atoms with Crippen molar-refractivity contribution in [2.45, 2.75) is 0 Å². The molecular weight excluding hydrogens is 456 g/mol. The molecule has 0 aromatic heterocycles. The summed E-state index contributed by atoms with van der Waals surface area (Å²) in [5, 5.41) is 0. The SMILES string of the molecule is O=S(=O)([O-])[O-].O=S(=O)([O-])[O-].O=S(=O)([O-])[O-].[Fe+2].[Fe+2].[Fe+2]. The summed E-state index contributed by atoms with van der Waals surface area (Å²) in [6, 6.07) is 0. The molecule has 18 heteroatoms. The van der Waals surface area contributed by atoms with Crippen molar-refractivity contribution in [3.8, 4) is 0 Å². The van der Waals surface area contributed by atoms with Crippen LogP contribution in [0.4, 0.5) is 0 Å². The van der Waals surface area contributed by atoms with Gasteiger partial charge in [-0.15, -0.1) is 0 Å². The summed E-state index contributed by atoms with van der Waals surface area (Å²) in [6.45, 7) is 0. The van der Waals surface area contributed by atoms with Gasteiger partial charge in [0.05, 0.1) is 0 Å². The zero-order valence-corrected chi connectivity index (χ0v) is 12.9. The van der Waals surface area contributed by atoms with Crippen molar-refractivity contribution in [3.05, 3.63) is 0 Å². The molecule has 0 spiro atoms. The summed E-state index contributed by atoms with van der Waals surface area (Å²) in [4.78, 5) is 0. The van der Waals surface area contributed by atoms with Crippen molar-refractivity contribution in [2.75, 3.05) is 0 Å². The standard InChI is InChI=1S/3Fe.3H2O4S/c;;;3*1-5(2,3)4/h;;;3*(H2,1,2,3,4)/q3*+2;;;/p-6. The predicted molar refractivity (Wildman–Crippen MR) is 31.4 cm³/mol. The first-order valence-electron chi connectivity index (χ1n) is 2.00. The summed E-state index contributed by atoms with van der Waals surface area (Å²) in [7, 11) is -15.5. The zero-order valence-electron chi connectivity index (χ0n) is 7.18. The van der Waals surface area contributed by atoms with Gasteiger partial charge in [0, 0.05) is 31.2 Å². The molecule has 0 aliphatic carbocycles. The molecule has 0 heterocycles. The molecule has 0 bridgehead atoms. The number of hydrogen-bond donors (Lipinski definition) is 0. The molecule has 18 heavy (non-hydrogen) atoms. The first-order valence-corrected chi connectivity index (χ1v) is 6.00. The second-order valence-electron chi connectivity index (χ2n) is 1.22. The molecule has 0 unspecified atom stereocenters. The molecule has 0 aromatic carbocycles. The summed E-state index contributed by atoms with van der Waals surface area (Å²) in [5.74, 6) is 0. The molecule has 0 rings (SSSR count). The zero-order chi connectivity index (χ0) is 13.5. The van der Waals surface area contributed by atoms with Crippen LogP contribution in [0.25, 0.3) is 0 Å². The largest absolute Gasteiger partial charge is 2.00 e. The molecule has 0 saturated heterocycles. The molecule has 0 N–H and O–H groups in total. The van der Waals surface area contributed by atoms with E-state index in [1.165, 1.54) is 0 Å². The van der Waals surface area contributed by atoms with Crippen LogP contribution in [-0.4, -0.2) is 52.6 Å². The molecule has 0 aliphatic heterocycles. The van der Waals surface area contributed by atoms with E-state index in [4.69, 9.17) is 52.6 Å². The van der Waals surface area contributed by atoms with Crippen LogP contribution in [0.3, 0.4) is 0 Å². The average Bonchev–Trinajstić information content (AvgIpc) is 1.41. The van der Waals surface area contributed by atoms with Crippen LogP contribution in [-0.2, 0) is 82.4 Å². The van der Waals surface area contributed by atoms with E-state index < -0.39 is 31.2 Å². The second kappa shape index (κ2) is 14.6. The third-order valence-electron chi connectivity index (χ3n) is 0. The van der Waals surface area contributed by atoms with Gasteiger partial charge in [-0.2, -0.15) is 0 Å². The fourth-order valence-corrected chi connectivity index (χ4v) is 0. The van der Waals surface area contributed by atoms with Gasteiger partial charge in [-0.05, 0) is 0 Å². The Kier molecular flexibility index (Phi) is 29.5. The van der Waals surface area contributed by atoms with E-state index in [0.29, 0.717) is 0 Å². The third kappa shape index (κ3) is 3290. The Balaban J connectivity index is -0.0000000277. The first kappa shape index (κ1) is 36.5. The van der Waals surface area contributed by atoms with Crippen LogP contribution in [0.15, 0.2) is 0 Å². The number of rotatable bonds is 0. The average molecular weight is 456 g/mol. The fraction of sp³-hybridized carbons (Fsp3) is 0. The molecule has 0 amide bonds. The maximum atomic E-state index is 8.52. The van der Waals surface area contributed by atoms with Gasteiger partial charge < -0.3 is 27.3 Å². The molecule has 0 fully saturated rings. The van der Waals surface area contributed by atoms with Crippen LogP contribution < -0.4 is 0 Å². The van der Waals surface area contributed by atoms with E-state index in [1.807, 2.05) is 0 Å². The minimum absolute atomic E-state index is 0. The quantitative estimate of drug-likeness (QED) is 0.192. The molecule has 114 valence electrons. The Morgan fingerprint density at radius 3 is 0.389 bits per heavy atom. The van der Waals surface area contributed by atoms with Gasteiger partial charge in [0.2, 0.25) is 0 Å². The topological polar surface area (TPSA) is 241 Å². The van der Waals surface area contributed by atoms with Crippen molar-refractivity contribution in [2.24, 2.45) is 0 Å². The Bertz CT molecular complexity index is 343. The predicted octanol–water partition coefficient (Wildman–Crippen LogP) is -4.02. The van der Waals surface area contributed by atoms with E-state index >= 15 is 0 Å². The molecule has 12 nitrogen and oxygen atoms in total. The van der Waals surface area contributed by atoms with Crippen molar-refractivity contribution in [1.29, 1.82) is 0 Å². The Labute approximate surface area is 134 Å². The Hall–Kier alpha value is 1.17. The summed E-state index contributed by atoms with van der Waals surface area (Å²) in [5.41, 5.74) is 0. The van der Waals surface area contributed by atoms with Crippen molar-refractivity contribution >= 4 is 31.2 Å². The fourth-order valence-electron chi connectivity index (χ4n) is 0. The van der Waals surface area contributed by atoms with Gasteiger partial charge >= 0.3 is 51.2 Å². The van der Waals surface area contributed by atoms with Gasteiger partial charge in [-0.25, -0.2) is 0 Å². The Morgan fingerprint density at radius 2 is 0.389 bits per heavy atom. The molecule has 0 atom stereocenters. The van der Waals surface area contributed by atoms with Gasteiger partial charge in [-0.3, -0.25) is 25.3 Å². The minimum Gasteiger partial charge on any atom is -0.759 e. The van der Waals surface area contributed by atoms with Gasteiger partial charge in [0.25, 0.3) is 0 Å². The van der Waals surface area contributed by atoms with Crippen LogP contribution in [0, 0.1) is 0 Å². The summed E-state index contributed by atoms with van der Waals surface area (Å²) >= 11 is 0. The van der Waals surface area contributed by atoms with Gasteiger partial charge in [0.15, 0.2) is 0 Å². The van der Waals surface area contributed by atoms with Crippen molar-refractivity contribution in [3.63, 3.8) is 0 Å². The maximum absolute atomic E-state index is 8.52. The van der Waals surface area contributed by atoms with Crippen molar-refractivity contribution in [1.82, 2.24) is 0 Å². The summed E-state index contributed by atoms with van der Waals surface area (Å²) < 4.78 is 102. The Morgan fingerprint density at radius 1 is 0.389 bits per heavy atom. The maximum Gasteiger partial charge on any atom is 2.00 e. The normalized spacial score (nSPS) is 9.67. The van der Waals surface area contributed by atoms with Crippen LogP contribution in [0.1, 0.15) is 0 Å². The van der Waals surface area contributed by atoms with E-state index in [1.54, 1.807) is 0 Å². The molecule has 0 aromatic rings. The van der Waals surface area contributed by atoms with E-state index in [2.05, 4.69) is 0 Å². The summed E-state index contributed by atoms with van der Waals surface area (Å²) in [6.07, 6.45) is 0. The van der Waals surface area contributed by atoms with Crippen LogP contribution in [0.5, 0.6) is 0 Å². The third-order valence-corrected chi connectivity index (χ3v) is 0. The van der Waals surface area contributed by atoms with Crippen LogP contribution >= 0.6 is 0 Å². The molecule has 0 radical (unpaired) electrons. The van der Waals surface area contributed by atoms with Gasteiger partial charge in [-0.1, -0.05) is 0 Å². The molecule has 0 aliphatic rings.